The van der Waals surface area contributed by atoms with Crippen molar-refractivity contribution in [2.45, 2.75) is 38.6 Å². The van der Waals surface area contributed by atoms with E-state index in [4.69, 9.17) is 0 Å². The fourth-order valence-electron chi connectivity index (χ4n) is 3.09. The largest absolute Gasteiger partial charge is 0.366 e. The molecule has 2 aliphatic carbocycles. The van der Waals surface area contributed by atoms with Crippen LogP contribution in [-0.4, -0.2) is 16.2 Å². The maximum atomic E-state index is 4.16. The predicted molar refractivity (Wildman–Crippen MR) is 59.6 cm³/mol. The molecule has 0 aliphatic heterocycles. The van der Waals surface area contributed by atoms with Crippen LogP contribution in [0.3, 0.4) is 0 Å². The Balaban J connectivity index is 1.68. The molecule has 2 bridgehead atoms. The van der Waals surface area contributed by atoms with Crippen LogP contribution >= 0.6 is 0 Å². The van der Waals surface area contributed by atoms with Gasteiger partial charge in [0.2, 0.25) is 0 Å². The molecule has 0 spiro atoms. The van der Waals surface area contributed by atoms with Gasteiger partial charge in [-0.25, -0.2) is 0 Å². The number of aryl methyl sites for hydroxylation is 1. The summed E-state index contributed by atoms with van der Waals surface area (Å²) < 4.78 is 0. The Labute approximate surface area is 90.3 Å². The first-order valence-corrected chi connectivity index (χ1v) is 5.88. The van der Waals surface area contributed by atoms with Crippen molar-refractivity contribution in [1.82, 2.24) is 10.2 Å². The zero-order valence-corrected chi connectivity index (χ0v) is 9.11. The molecule has 80 valence electrons. The molecule has 0 saturated heterocycles. The molecule has 1 aromatic rings. The number of rotatable bonds is 2. The number of fused-ring (bicyclic) bond motifs is 2. The molecule has 3 nitrogen and oxygen atoms in total. The van der Waals surface area contributed by atoms with E-state index in [1.54, 1.807) is 0 Å². The molecule has 2 aliphatic rings. The van der Waals surface area contributed by atoms with Crippen molar-refractivity contribution >= 4 is 5.82 Å². The highest BCUT2D eigenvalue weighted by molar-refractivity contribution is 5.35. The molecule has 0 amide bonds. The molecule has 1 aromatic heterocycles. The van der Waals surface area contributed by atoms with Gasteiger partial charge in [-0.2, -0.15) is 5.10 Å². The molecule has 0 radical (unpaired) electrons. The third-order valence-corrected chi connectivity index (χ3v) is 3.87. The summed E-state index contributed by atoms with van der Waals surface area (Å²) in [5.74, 6) is 2.81. The van der Waals surface area contributed by atoms with Crippen molar-refractivity contribution in [2.75, 3.05) is 5.32 Å². The first kappa shape index (κ1) is 9.13. The normalized spacial score (nSPS) is 33.3. The first-order chi connectivity index (χ1) is 7.31. The minimum Gasteiger partial charge on any atom is -0.366 e. The van der Waals surface area contributed by atoms with E-state index in [0.717, 1.165) is 23.3 Å². The van der Waals surface area contributed by atoms with Crippen LogP contribution in [0.1, 0.15) is 31.4 Å². The van der Waals surface area contributed by atoms with Gasteiger partial charge in [0.1, 0.15) is 5.82 Å². The summed E-state index contributed by atoms with van der Waals surface area (Å²) in [7, 11) is 0. The van der Waals surface area contributed by atoms with Gasteiger partial charge in [-0.1, -0.05) is 6.42 Å². The lowest BCUT2D eigenvalue weighted by Crippen LogP contribution is -2.26. The number of nitrogens with zero attached hydrogens (tertiary/aromatic N) is 2. The van der Waals surface area contributed by atoms with Crippen LogP contribution < -0.4 is 5.32 Å². The Morgan fingerprint density at radius 3 is 2.73 bits per heavy atom. The zero-order chi connectivity index (χ0) is 10.3. The highest BCUT2D eigenvalue weighted by Crippen LogP contribution is 2.45. The van der Waals surface area contributed by atoms with E-state index in [0.29, 0.717) is 6.04 Å². The molecule has 3 rings (SSSR count). The quantitative estimate of drug-likeness (QED) is 0.802. The summed E-state index contributed by atoms with van der Waals surface area (Å²) >= 11 is 0. The van der Waals surface area contributed by atoms with E-state index < -0.39 is 0 Å². The lowest BCUT2D eigenvalue weighted by Gasteiger charge is -2.23. The van der Waals surface area contributed by atoms with E-state index in [1.165, 1.54) is 25.7 Å². The van der Waals surface area contributed by atoms with E-state index >= 15 is 0 Å². The number of anilines is 1. The van der Waals surface area contributed by atoms with Gasteiger partial charge in [-0.3, -0.25) is 0 Å². The van der Waals surface area contributed by atoms with Gasteiger partial charge in [0.25, 0.3) is 0 Å². The van der Waals surface area contributed by atoms with Crippen molar-refractivity contribution in [2.24, 2.45) is 11.8 Å². The summed E-state index contributed by atoms with van der Waals surface area (Å²) in [6, 6.07) is 4.71. The monoisotopic (exact) mass is 203 g/mol. The molecule has 3 atom stereocenters. The van der Waals surface area contributed by atoms with Gasteiger partial charge >= 0.3 is 0 Å². The molecule has 2 fully saturated rings. The number of hydrogen-bond donors (Lipinski definition) is 1. The van der Waals surface area contributed by atoms with Gasteiger partial charge in [0.05, 0.1) is 5.69 Å². The van der Waals surface area contributed by atoms with Crippen LogP contribution in [-0.2, 0) is 0 Å². The fraction of sp³-hybridized carbons (Fsp3) is 0.667. The van der Waals surface area contributed by atoms with Crippen LogP contribution in [0.4, 0.5) is 5.82 Å². The van der Waals surface area contributed by atoms with E-state index in [1.807, 2.05) is 19.1 Å². The first-order valence-electron chi connectivity index (χ1n) is 5.88. The van der Waals surface area contributed by atoms with Crippen LogP contribution in [0.2, 0.25) is 0 Å². The van der Waals surface area contributed by atoms with Gasteiger partial charge < -0.3 is 5.32 Å². The highest BCUT2D eigenvalue weighted by Gasteiger charge is 2.39. The van der Waals surface area contributed by atoms with Crippen molar-refractivity contribution in [3.05, 3.63) is 17.8 Å². The second kappa shape index (κ2) is 3.47. The van der Waals surface area contributed by atoms with E-state index in [2.05, 4.69) is 15.5 Å². The standard InChI is InChI=1S/C12H17N3/c1-8-2-5-12(15-14-8)13-11-7-9-3-4-10(11)6-9/h2,5,9-11H,3-4,6-7H2,1H3,(H,13,15). The molecule has 3 unspecified atom stereocenters. The van der Waals surface area contributed by atoms with Crippen LogP contribution in [0.5, 0.6) is 0 Å². The maximum Gasteiger partial charge on any atom is 0.148 e. The Kier molecular flexibility index (Phi) is 2.11. The highest BCUT2D eigenvalue weighted by atomic mass is 15.2. The molecular weight excluding hydrogens is 186 g/mol. The smallest absolute Gasteiger partial charge is 0.148 e. The maximum absolute atomic E-state index is 4.16. The molecule has 0 aromatic carbocycles. The molecular formula is C12H17N3. The zero-order valence-electron chi connectivity index (χ0n) is 9.11. The molecule has 2 saturated carbocycles. The lowest BCUT2D eigenvalue weighted by atomic mass is 9.95. The van der Waals surface area contributed by atoms with Gasteiger partial charge in [0, 0.05) is 6.04 Å². The topological polar surface area (TPSA) is 37.8 Å². The van der Waals surface area contributed by atoms with Crippen LogP contribution in [0.15, 0.2) is 12.1 Å². The minimum absolute atomic E-state index is 0.653. The third kappa shape index (κ3) is 1.71. The average molecular weight is 203 g/mol. The van der Waals surface area contributed by atoms with Crippen molar-refractivity contribution in [1.29, 1.82) is 0 Å². The second-order valence-corrected chi connectivity index (χ2v) is 4.99. The van der Waals surface area contributed by atoms with Crippen molar-refractivity contribution in [3.8, 4) is 0 Å². The summed E-state index contributed by atoms with van der Waals surface area (Å²) in [6.07, 6.45) is 5.61. The number of nitrogens with one attached hydrogen (secondary N) is 1. The number of hydrogen-bond acceptors (Lipinski definition) is 3. The summed E-state index contributed by atoms with van der Waals surface area (Å²) in [5, 5.41) is 11.8. The Morgan fingerprint density at radius 1 is 1.20 bits per heavy atom. The van der Waals surface area contributed by atoms with E-state index in [-0.39, 0.29) is 0 Å². The molecule has 3 heteroatoms. The van der Waals surface area contributed by atoms with E-state index in [9.17, 15) is 0 Å². The molecule has 1 N–H and O–H groups in total. The van der Waals surface area contributed by atoms with Crippen molar-refractivity contribution < 1.29 is 0 Å². The fourth-order valence-corrected chi connectivity index (χ4v) is 3.09. The Bertz CT molecular complexity index is 346. The average Bonchev–Trinajstić information content (AvgIpc) is 2.83. The second-order valence-electron chi connectivity index (χ2n) is 4.99. The Morgan fingerprint density at radius 2 is 2.13 bits per heavy atom. The van der Waals surface area contributed by atoms with Crippen LogP contribution in [0.25, 0.3) is 0 Å². The predicted octanol–water partition coefficient (Wildman–Crippen LogP) is 2.39. The SMILES string of the molecule is Cc1ccc(NC2CC3CCC2C3)nn1. The third-order valence-electron chi connectivity index (χ3n) is 3.87. The minimum atomic E-state index is 0.653. The molecule has 15 heavy (non-hydrogen) atoms. The summed E-state index contributed by atoms with van der Waals surface area (Å²) in [6.45, 7) is 1.97. The van der Waals surface area contributed by atoms with Crippen molar-refractivity contribution in [3.63, 3.8) is 0 Å². The van der Waals surface area contributed by atoms with Gasteiger partial charge in [0.15, 0.2) is 0 Å². The summed E-state index contributed by atoms with van der Waals surface area (Å²) in [5.41, 5.74) is 0.980. The van der Waals surface area contributed by atoms with Gasteiger partial charge in [-0.15, -0.1) is 5.10 Å². The number of aromatic nitrogens is 2. The summed E-state index contributed by atoms with van der Waals surface area (Å²) in [4.78, 5) is 0. The Hall–Kier alpha value is -1.12. The molecule has 1 heterocycles. The van der Waals surface area contributed by atoms with Gasteiger partial charge in [-0.05, 0) is 50.2 Å². The lowest BCUT2D eigenvalue weighted by molar-refractivity contribution is 0.438. The van der Waals surface area contributed by atoms with Crippen LogP contribution in [0, 0.1) is 18.8 Å².